The highest BCUT2D eigenvalue weighted by Gasteiger charge is 2.33. The minimum atomic E-state index is -4.57. The molecule has 136 valence electrons. The first-order valence-electron chi connectivity index (χ1n) is 7.22. The third-order valence-electron chi connectivity index (χ3n) is 3.17. The number of urea groups is 1. The van der Waals surface area contributed by atoms with E-state index in [4.69, 9.17) is 0 Å². The van der Waals surface area contributed by atoms with Gasteiger partial charge in [-0.3, -0.25) is 0 Å². The van der Waals surface area contributed by atoms with Gasteiger partial charge in [0.2, 0.25) is 10.0 Å². The van der Waals surface area contributed by atoms with E-state index in [1.807, 2.05) is 0 Å². The molecule has 0 atom stereocenters. The van der Waals surface area contributed by atoms with Crippen molar-refractivity contribution < 1.29 is 26.4 Å². The van der Waals surface area contributed by atoms with Crippen LogP contribution in [-0.2, 0) is 16.2 Å². The Balaban J connectivity index is 2.51. The van der Waals surface area contributed by atoms with Gasteiger partial charge in [0, 0.05) is 19.6 Å². The fourth-order valence-corrected chi connectivity index (χ4v) is 2.95. The van der Waals surface area contributed by atoms with Gasteiger partial charge in [-0.05, 0) is 18.6 Å². The molecule has 0 aliphatic carbocycles. The van der Waals surface area contributed by atoms with E-state index >= 15 is 0 Å². The van der Waals surface area contributed by atoms with Crippen LogP contribution in [-0.4, -0.2) is 44.6 Å². The van der Waals surface area contributed by atoms with Gasteiger partial charge in [0.05, 0.1) is 17.5 Å². The lowest BCUT2D eigenvalue weighted by atomic mass is 10.1. The van der Waals surface area contributed by atoms with E-state index in [1.54, 1.807) is 6.92 Å². The Morgan fingerprint density at radius 2 is 1.88 bits per heavy atom. The average Bonchev–Trinajstić information content (AvgIpc) is 2.45. The van der Waals surface area contributed by atoms with Crippen molar-refractivity contribution in [1.29, 1.82) is 0 Å². The Morgan fingerprint density at radius 1 is 1.25 bits per heavy atom. The van der Waals surface area contributed by atoms with Gasteiger partial charge in [-0.15, -0.1) is 0 Å². The number of hydrogen-bond donors (Lipinski definition) is 2. The topological polar surface area (TPSA) is 78.5 Å². The molecule has 0 saturated heterocycles. The number of anilines is 1. The maximum Gasteiger partial charge on any atom is 0.418 e. The van der Waals surface area contributed by atoms with Gasteiger partial charge in [-0.25, -0.2) is 17.5 Å². The van der Waals surface area contributed by atoms with E-state index in [1.165, 1.54) is 16.4 Å². The van der Waals surface area contributed by atoms with Gasteiger partial charge in [-0.2, -0.15) is 13.2 Å². The van der Waals surface area contributed by atoms with Crippen LogP contribution in [0.15, 0.2) is 24.3 Å². The third-order valence-corrected chi connectivity index (χ3v) is 4.55. The quantitative estimate of drug-likeness (QED) is 0.727. The number of amides is 2. The maximum atomic E-state index is 12.8. The van der Waals surface area contributed by atoms with E-state index in [0.717, 1.165) is 18.4 Å². The van der Waals surface area contributed by atoms with Gasteiger partial charge >= 0.3 is 12.2 Å². The molecule has 0 heterocycles. The molecule has 0 unspecified atom stereocenters. The Hall–Kier alpha value is -1.81. The predicted molar refractivity (Wildman–Crippen MR) is 85.2 cm³/mol. The molecule has 1 aromatic rings. The molecule has 1 rings (SSSR count). The number of halogens is 3. The van der Waals surface area contributed by atoms with Crippen LogP contribution in [0.25, 0.3) is 0 Å². The second kappa shape index (κ2) is 8.34. The third kappa shape index (κ3) is 6.36. The normalized spacial score (nSPS) is 12.2. The largest absolute Gasteiger partial charge is 0.418 e. The highest BCUT2D eigenvalue weighted by molar-refractivity contribution is 7.88. The molecular formula is C14H20F3N3O3S. The minimum Gasteiger partial charge on any atom is -0.338 e. The molecule has 0 bridgehead atoms. The zero-order valence-corrected chi connectivity index (χ0v) is 14.2. The summed E-state index contributed by atoms with van der Waals surface area (Å²) in [6, 6.07) is 3.87. The molecule has 0 spiro atoms. The highest BCUT2D eigenvalue weighted by Crippen LogP contribution is 2.34. The van der Waals surface area contributed by atoms with Crippen molar-refractivity contribution in [3.63, 3.8) is 0 Å². The number of sulfonamides is 1. The number of hydrogen-bond acceptors (Lipinski definition) is 3. The first-order valence-corrected chi connectivity index (χ1v) is 9.06. The molecule has 24 heavy (non-hydrogen) atoms. The summed E-state index contributed by atoms with van der Waals surface area (Å²) in [6.45, 7) is 2.35. The molecule has 0 aromatic heterocycles. The fourth-order valence-electron chi connectivity index (χ4n) is 2.02. The second-order valence-electron chi connectivity index (χ2n) is 5.03. The van der Waals surface area contributed by atoms with Crippen LogP contribution in [0, 0.1) is 0 Å². The van der Waals surface area contributed by atoms with E-state index in [2.05, 4.69) is 10.6 Å². The summed E-state index contributed by atoms with van der Waals surface area (Å²) in [6.07, 6.45) is -3.14. The van der Waals surface area contributed by atoms with Crippen molar-refractivity contribution in [2.24, 2.45) is 0 Å². The smallest absolute Gasteiger partial charge is 0.338 e. The molecule has 0 saturated carbocycles. The van der Waals surface area contributed by atoms with Crippen molar-refractivity contribution in [1.82, 2.24) is 9.62 Å². The number of nitrogens with one attached hydrogen (secondary N) is 2. The van der Waals surface area contributed by atoms with Crippen LogP contribution in [0.4, 0.5) is 23.7 Å². The van der Waals surface area contributed by atoms with Crippen molar-refractivity contribution in [3.8, 4) is 0 Å². The molecule has 10 heteroatoms. The van der Waals surface area contributed by atoms with E-state index in [-0.39, 0.29) is 18.8 Å². The number of rotatable bonds is 7. The summed E-state index contributed by atoms with van der Waals surface area (Å²) in [4.78, 5) is 11.7. The second-order valence-corrected chi connectivity index (χ2v) is 7.01. The summed E-state index contributed by atoms with van der Waals surface area (Å²) >= 11 is 0. The molecule has 2 amide bonds. The molecular weight excluding hydrogens is 347 g/mol. The Bertz CT molecular complexity index is 663. The number of nitrogens with zero attached hydrogens (tertiary/aromatic N) is 1. The lowest BCUT2D eigenvalue weighted by molar-refractivity contribution is -0.136. The van der Waals surface area contributed by atoms with Crippen LogP contribution in [0.1, 0.15) is 18.9 Å². The van der Waals surface area contributed by atoms with Crippen molar-refractivity contribution >= 4 is 21.7 Å². The van der Waals surface area contributed by atoms with Crippen LogP contribution in [0.3, 0.4) is 0 Å². The first kappa shape index (κ1) is 20.2. The summed E-state index contributed by atoms with van der Waals surface area (Å²) in [5, 5.41) is 4.55. The molecule has 1 aromatic carbocycles. The Labute approximate surface area is 139 Å². The van der Waals surface area contributed by atoms with Crippen molar-refractivity contribution in [3.05, 3.63) is 29.8 Å². The SMILES string of the molecule is CCN(CCCNC(=O)Nc1ccccc1C(F)(F)F)S(C)(=O)=O. The van der Waals surface area contributed by atoms with Crippen LogP contribution in [0.5, 0.6) is 0 Å². The van der Waals surface area contributed by atoms with Crippen LogP contribution >= 0.6 is 0 Å². The van der Waals surface area contributed by atoms with E-state index in [9.17, 15) is 26.4 Å². The highest BCUT2D eigenvalue weighted by atomic mass is 32.2. The maximum absolute atomic E-state index is 12.8. The number of benzene rings is 1. The monoisotopic (exact) mass is 367 g/mol. The van der Waals surface area contributed by atoms with Crippen LogP contribution in [0.2, 0.25) is 0 Å². The molecule has 0 aliphatic rings. The van der Waals surface area contributed by atoms with Gasteiger partial charge < -0.3 is 10.6 Å². The predicted octanol–water partition coefficient (Wildman–Crippen LogP) is 2.50. The summed E-state index contributed by atoms with van der Waals surface area (Å²) in [5.74, 6) is 0. The van der Waals surface area contributed by atoms with Crippen molar-refractivity contribution in [2.45, 2.75) is 19.5 Å². The molecule has 0 aliphatic heterocycles. The fraction of sp³-hybridized carbons (Fsp3) is 0.500. The zero-order valence-electron chi connectivity index (χ0n) is 13.4. The number of para-hydroxylation sites is 1. The Kier molecular flexibility index (Phi) is 7.03. The number of alkyl halides is 3. The Morgan fingerprint density at radius 3 is 2.42 bits per heavy atom. The molecule has 2 N–H and O–H groups in total. The number of carbonyl (C=O) groups excluding carboxylic acids is 1. The number of carbonyl (C=O) groups is 1. The molecule has 0 fully saturated rings. The van der Waals surface area contributed by atoms with Gasteiger partial charge in [0.25, 0.3) is 0 Å². The summed E-state index contributed by atoms with van der Waals surface area (Å²) < 4.78 is 62.4. The average molecular weight is 367 g/mol. The lowest BCUT2D eigenvalue weighted by Crippen LogP contribution is -2.35. The minimum absolute atomic E-state index is 0.131. The van der Waals surface area contributed by atoms with E-state index < -0.39 is 27.8 Å². The van der Waals surface area contributed by atoms with E-state index in [0.29, 0.717) is 13.0 Å². The standard InChI is InChI=1S/C14H20F3N3O3S/c1-3-20(24(2,22)23)10-6-9-18-13(21)19-12-8-5-4-7-11(12)14(15,16)17/h4-5,7-8H,3,6,9-10H2,1-2H3,(H2,18,19,21). The molecule has 0 radical (unpaired) electrons. The van der Waals surface area contributed by atoms with Gasteiger partial charge in [-0.1, -0.05) is 19.1 Å². The zero-order chi connectivity index (χ0) is 18.4. The van der Waals surface area contributed by atoms with Gasteiger partial charge in [0.1, 0.15) is 0 Å². The molecule has 6 nitrogen and oxygen atoms in total. The first-order chi connectivity index (χ1) is 11.1. The summed E-state index contributed by atoms with van der Waals surface area (Å²) in [5.41, 5.74) is -1.27. The lowest BCUT2D eigenvalue weighted by Gasteiger charge is -2.18. The summed E-state index contributed by atoms with van der Waals surface area (Å²) in [7, 11) is -3.31. The van der Waals surface area contributed by atoms with Crippen molar-refractivity contribution in [2.75, 3.05) is 31.2 Å². The van der Waals surface area contributed by atoms with Gasteiger partial charge in [0.15, 0.2) is 0 Å². The van der Waals surface area contributed by atoms with Crippen LogP contribution < -0.4 is 10.6 Å².